The summed E-state index contributed by atoms with van der Waals surface area (Å²) in [5, 5.41) is 11.5. The van der Waals surface area contributed by atoms with E-state index in [1.807, 2.05) is 20.8 Å². The molecule has 0 aromatic carbocycles. The normalized spacial score (nSPS) is 52.5. The molecule has 0 aromatic heterocycles. The Morgan fingerprint density at radius 1 is 1.36 bits per heavy atom. The van der Waals surface area contributed by atoms with E-state index in [1.54, 1.807) is 12.2 Å². The van der Waals surface area contributed by atoms with Crippen molar-refractivity contribution in [2.24, 2.45) is 28.6 Å². The lowest BCUT2D eigenvalue weighted by molar-refractivity contribution is -0.169. The maximum absolute atomic E-state index is 16.0. The van der Waals surface area contributed by atoms with Crippen molar-refractivity contribution in [2.75, 3.05) is 5.88 Å². The van der Waals surface area contributed by atoms with Crippen molar-refractivity contribution >= 4 is 34.8 Å². The first-order valence-electron chi connectivity index (χ1n) is 10.1. The molecule has 6 heteroatoms. The van der Waals surface area contributed by atoms with Crippen molar-refractivity contribution in [1.82, 2.24) is 0 Å². The van der Waals surface area contributed by atoms with Crippen molar-refractivity contribution in [2.45, 2.75) is 63.1 Å². The van der Waals surface area contributed by atoms with E-state index in [0.29, 0.717) is 19.3 Å². The molecule has 0 aromatic rings. The number of hydrogen-bond acceptors (Lipinski definition) is 3. The Morgan fingerprint density at radius 2 is 2.04 bits per heavy atom. The lowest BCUT2D eigenvalue weighted by atomic mass is 9.46. The zero-order valence-corrected chi connectivity index (χ0v) is 18.0. The van der Waals surface area contributed by atoms with Gasteiger partial charge in [0, 0.05) is 10.8 Å². The van der Waals surface area contributed by atoms with Gasteiger partial charge in [0.1, 0.15) is 11.8 Å². The number of Topliss-reactive ketones (excluding diaryl/α,β-unsaturated/α-hetero) is 1. The second-order valence-corrected chi connectivity index (χ2v) is 10.6. The third kappa shape index (κ3) is 2.15. The molecular weight excluding hydrogens is 402 g/mol. The molecule has 3 nitrogen and oxygen atoms in total. The summed E-state index contributed by atoms with van der Waals surface area (Å²) in [5.41, 5.74) is -2.42. The zero-order valence-electron chi connectivity index (χ0n) is 16.5. The highest BCUT2D eigenvalue weighted by molar-refractivity contribution is 6.29. The lowest BCUT2D eigenvalue weighted by Gasteiger charge is -2.63. The van der Waals surface area contributed by atoms with Gasteiger partial charge in [-0.3, -0.25) is 9.59 Å². The van der Waals surface area contributed by atoms with E-state index < -0.39 is 33.3 Å². The predicted molar refractivity (Wildman–Crippen MR) is 107 cm³/mol. The van der Waals surface area contributed by atoms with Crippen LogP contribution in [0, 0.1) is 28.6 Å². The minimum atomic E-state index is -1.64. The van der Waals surface area contributed by atoms with Crippen LogP contribution < -0.4 is 0 Å². The number of halogens is 3. The monoisotopic (exact) mass is 428 g/mol. The summed E-state index contributed by atoms with van der Waals surface area (Å²) in [6.45, 7) is 5.61. The zero-order chi connectivity index (χ0) is 20.7. The minimum absolute atomic E-state index is 0.00575. The Hall–Kier alpha value is -0.710. The molecule has 0 amide bonds. The first-order valence-corrected chi connectivity index (χ1v) is 11.0. The highest BCUT2D eigenvalue weighted by Crippen LogP contribution is 2.71. The highest BCUT2D eigenvalue weighted by atomic mass is 35.5. The topological polar surface area (TPSA) is 54.4 Å². The number of ketones is 2. The van der Waals surface area contributed by atoms with Crippen LogP contribution in [0.2, 0.25) is 0 Å². The summed E-state index contributed by atoms with van der Waals surface area (Å²) >= 11 is 13.0. The van der Waals surface area contributed by atoms with E-state index in [1.165, 1.54) is 6.08 Å². The Bertz CT molecular complexity index is 810. The summed E-state index contributed by atoms with van der Waals surface area (Å²) < 4.78 is 16.0. The van der Waals surface area contributed by atoms with Gasteiger partial charge in [-0.15, -0.1) is 23.2 Å². The van der Waals surface area contributed by atoms with E-state index in [9.17, 15) is 14.7 Å². The molecule has 0 bridgehead atoms. The molecule has 0 aliphatic heterocycles. The third-order valence-corrected chi connectivity index (χ3v) is 9.88. The Kier molecular flexibility index (Phi) is 4.52. The molecule has 0 heterocycles. The van der Waals surface area contributed by atoms with Crippen LogP contribution in [0.4, 0.5) is 4.39 Å². The van der Waals surface area contributed by atoms with E-state index in [-0.39, 0.29) is 35.8 Å². The standard InChI is InChI=1S/C22H27Cl2FO3/c1-12-8-16-15-5-4-13-9-14(26)6-7-19(13,2)21(15,24)17(25)10-20(16,3)22(12,28)18(27)11-23/h6-7,9,12,15-17,28H,4-5,8,10-11H2,1-3H3/t12?,15-,16-,17?,19-,20-,21-,22-/m0/s1. The Balaban J connectivity index is 1.84. The number of carbonyl (C=O) groups excluding carboxylic acids is 2. The number of hydrogen-bond donors (Lipinski definition) is 1. The van der Waals surface area contributed by atoms with Gasteiger partial charge in [-0.05, 0) is 55.6 Å². The number of alkyl halides is 3. The molecule has 0 saturated heterocycles. The summed E-state index contributed by atoms with van der Waals surface area (Å²) in [4.78, 5) is 23.4. The van der Waals surface area contributed by atoms with Crippen LogP contribution in [-0.2, 0) is 9.59 Å². The fraction of sp³-hybridized carbons (Fsp3) is 0.727. The smallest absolute Gasteiger partial charge is 0.179 e. The van der Waals surface area contributed by atoms with Crippen LogP contribution in [0.25, 0.3) is 0 Å². The van der Waals surface area contributed by atoms with Gasteiger partial charge in [0.15, 0.2) is 11.6 Å². The van der Waals surface area contributed by atoms with Crippen LogP contribution >= 0.6 is 23.2 Å². The van der Waals surface area contributed by atoms with E-state index in [2.05, 4.69) is 0 Å². The van der Waals surface area contributed by atoms with Crippen LogP contribution in [-0.4, -0.2) is 39.2 Å². The van der Waals surface area contributed by atoms with Crippen LogP contribution in [0.5, 0.6) is 0 Å². The molecule has 4 rings (SSSR count). The fourth-order valence-corrected chi connectivity index (χ4v) is 7.90. The predicted octanol–water partition coefficient (Wildman–Crippen LogP) is 4.39. The number of aliphatic hydroxyl groups is 1. The summed E-state index contributed by atoms with van der Waals surface area (Å²) in [6, 6.07) is 0. The first-order chi connectivity index (χ1) is 13.0. The number of allylic oxidation sites excluding steroid dienone is 4. The lowest BCUT2D eigenvalue weighted by Crippen LogP contribution is -2.68. The molecule has 1 N–H and O–H groups in total. The molecule has 0 spiro atoms. The van der Waals surface area contributed by atoms with Gasteiger partial charge >= 0.3 is 0 Å². The molecule has 154 valence electrons. The summed E-state index contributed by atoms with van der Waals surface area (Å²) in [5.74, 6) is -1.40. The second-order valence-electron chi connectivity index (χ2n) is 9.68. The van der Waals surface area contributed by atoms with E-state index >= 15 is 4.39 Å². The maximum atomic E-state index is 16.0. The Morgan fingerprint density at radius 3 is 2.68 bits per heavy atom. The van der Waals surface area contributed by atoms with Crippen LogP contribution in [0.15, 0.2) is 23.8 Å². The summed E-state index contributed by atoms with van der Waals surface area (Å²) in [6.07, 6.45) is 5.36. The Labute approximate surface area is 175 Å². The molecule has 4 aliphatic carbocycles. The van der Waals surface area contributed by atoms with Crippen molar-refractivity contribution in [3.05, 3.63) is 23.8 Å². The molecule has 3 saturated carbocycles. The fourth-order valence-electron chi connectivity index (χ4n) is 7.18. The first kappa shape index (κ1) is 20.6. The average Bonchev–Trinajstić information content (AvgIpc) is 2.84. The number of fused-ring (bicyclic) bond motifs is 5. The third-order valence-electron chi connectivity index (χ3n) is 8.73. The van der Waals surface area contributed by atoms with Gasteiger partial charge in [-0.2, -0.15) is 0 Å². The van der Waals surface area contributed by atoms with Gasteiger partial charge in [-0.1, -0.05) is 32.4 Å². The number of carbonyl (C=O) groups is 2. The SMILES string of the molecule is CC1C[C@H]2[C@@H]3CCC4=CC(=O)C=C[C@]4(C)[C@@]3(Cl)C(F)C[C@]2(C)[C@@]1(O)C(=O)CCl. The van der Waals surface area contributed by atoms with Gasteiger partial charge in [0.05, 0.1) is 10.8 Å². The van der Waals surface area contributed by atoms with Gasteiger partial charge in [0.25, 0.3) is 0 Å². The van der Waals surface area contributed by atoms with Crippen LogP contribution in [0.1, 0.15) is 46.5 Å². The maximum Gasteiger partial charge on any atom is 0.179 e. The van der Waals surface area contributed by atoms with Crippen molar-refractivity contribution in [1.29, 1.82) is 0 Å². The molecule has 2 unspecified atom stereocenters. The quantitative estimate of drug-likeness (QED) is 0.663. The van der Waals surface area contributed by atoms with E-state index in [4.69, 9.17) is 23.2 Å². The van der Waals surface area contributed by atoms with Crippen molar-refractivity contribution < 1.29 is 19.1 Å². The molecule has 3 fully saturated rings. The molecule has 28 heavy (non-hydrogen) atoms. The highest BCUT2D eigenvalue weighted by Gasteiger charge is 2.74. The number of rotatable bonds is 2. The molecule has 0 radical (unpaired) electrons. The second kappa shape index (κ2) is 6.15. The van der Waals surface area contributed by atoms with Crippen molar-refractivity contribution in [3.63, 3.8) is 0 Å². The minimum Gasteiger partial charge on any atom is -0.381 e. The molecule has 8 atom stereocenters. The molecule has 4 aliphatic rings. The largest absolute Gasteiger partial charge is 0.381 e. The molecular formula is C22H27Cl2FO3. The van der Waals surface area contributed by atoms with E-state index in [0.717, 1.165) is 5.57 Å². The van der Waals surface area contributed by atoms with Gasteiger partial charge in [-0.25, -0.2) is 4.39 Å². The average molecular weight is 429 g/mol. The van der Waals surface area contributed by atoms with Crippen molar-refractivity contribution in [3.8, 4) is 0 Å². The summed E-state index contributed by atoms with van der Waals surface area (Å²) in [7, 11) is 0. The van der Waals surface area contributed by atoms with Gasteiger partial charge in [0.2, 0.25) is 0 Å². The van der Waals surface area contributed by atoms with Gasteiger partial charge < -0.3 is 5.11 Å². The van der Waals surface area contributed by atoms with Crippen LogP contribution in [0.3, 0.4) is 0 Å².